The summed E-state index contributed by atoms with van der Waals surface area (Å²) in [6, 6.07) is 3.43. The van der Waals surface area contributed by atoms with E-state index in [0.29, 0.717) is 12.5 Å². The fourth-order valence-corrected chi connectivity index (χ4v) is 3.02. The summed E-state index contributed by atoms with van der Waals surface area (Å²) in [5.74, 6) is -1.02. The maximum absolute atomic E-state index is 14.2. The van der Waals surface area contributed by atoms with Gasteiger partial charge in [0.15, 0.2) is 0 Å². The molecule has 0 heterocycles. The van der Waals surface area contributed by atoms with Crippen molar-refractivity contribution in [3.63, 3.8) is 0 Å². The summed E-state index contributed by atoms with van der Waals surface area (Å²) in [6.07, 6.45) is 5.68. The van der Waals surface area contributed by atoms with Crippen LogP contribution in [-0.4, -0.2) is 12.5 Å². The third kappa shape index (κ3) is 4.05. The molecule has 0 unspecified atom stereocenters. The van der Waals surface area contributed by atoms with Crippen molar-refractivity contribution in [3.8, 4) is 0 Å². The van der Waals surface area contributed by atoms with Crippen molar-refractivity contribution in [1.29, 1.82) is 0 Å². The van der Waals surface area contributed by atoms with Gasteiger partial charge in [-0.25, -0.2) is 8.78 Å². The smallest absolute Gasteiger partial charge is 0.232 e. The van der Waals surface area contributed by atoms with Gasteiger partial charge in [-0.1, -0.05) is 40.0 Å². The highest BCUT2D eigenvalue weighted by molar-refractivity contribution is 5.97. The lowest BCUT2D eigenvalue weighted by molar-refractivity contribution is -0.126. The van der Waals surface area contributed by atoms with Crippen LogP contribution in [0.2, 0.25) is 0 Å². The Labute approximate surface area is 131 Å². The molecule has 0 spiro atoms. The summed E-state index contributed by atoms with van der Waals surface area (Å²) in [4.78, 5) is 14.3. The summed E-state index contributed by atoms with van der Waals surface area (Å²) in [5.41, 5.74) is -0.415. The Morgan fingerprint density at radius 2 is 1.82 bits per heavy atom. The average Bonchev–Trinajstić information content (AvgIpc) is 2.45. The van der Waals surface area contributed by atoms with Gasteiger partial charge in [0.25, 0.3) is 0 Å². The SMILES string of the molecule is CC(C)(C)C(=O)N(CC1CCCCC1)c1ccc(F)cc1F. The topological polar surface area (TPSA) is 20.3 Å². The highest BCUT2D eigenvalue weighted by Gasteiger charge is 2.31. The summed E-state index contributed by atoms with van der Waals surface area (Å²) >= 11 is 0. The number of rotatable bonds is 3. The highest BCUT2D eigenvalue weighted by Crippen LogP contribution is 2.31. The lowest BCUT2D eigenvalue weighted by Gasteiger charge is -2.34. The molecular formula is C18H25F2NO. The third-order valence-electron chi connectivity index (χ3n) is 4.25. The van der Waals surface area contributed by atoms with Crippen LogP contribution in [0.15, 0.2) is 18.2 Å². The largest absolute Gasteiger partial charge is 0.309 e. The van der Waals surface area contributed by atoms with E-state index in [0.717, 1.165) is 31.7 Å². The summed E-state index contributed by atoms with van der Waals surface area (Å²) in [5, 5.41) is 0. The van der Waals surface area contributed by atoms with Gasteiger partial charge >= 0.3 is 0 Å². The molecule has 1 aliphatic carbocycles. The van der Waals surface area contributed by atoms with Gasteiger partial charge in [-0.05, 0) is 30.9 Å². The van der Waals surface area contributed by atoms with Crippen molar-refractivity contribution in [1.82, 2.24) is 0 Å². The molecule has 2 rings (SSSR count). The van der Waals surface area contributed by atoms with Crippen molar-refractivity contribution in [3.05, 3.63) is 29.8 Å². The van der Waals surface area contributed by atoms with Crippen LogP contribution in [0.3, 0.4) is 0 Å². The van der Waals surface area contributed by atoms with Crippen LogP contribution < -0.4 is 4.90 Å². The van der Waals surface area contributed by atoms with E-state index in [4.69, 9.17) is 0 Å². The van der Waals surface area contributed by atoms with Gasteiger partial charge < -0.3 is 4.90 Å². The Morgan fingerprint density at radius 3 is 2.36 bits per heavy atom. The van der Waals surface area contributed by atoms with Crippen LogP contribution in [0.1, 0.15) is 52.9 Å². The van der Waals surface area contributed by atoms with E-state index in [1.807, 2.05) is 20.8 Å². The molecule has 0 aliphatic heterocycles. The van der Waals surface area contributed by atoms with E-state index in [1.54, 1.807) is 0 Å². The molecule has 122 valence electrons. The molecule has 0 saturated heterocycles. The minimum atomic E-state index is -0.673. The molecule has 1 aromatic rings. The summed E-state index contributed by atoms with van der Waals surface area (Å²) in [7, 11) is 0. The van der Waals surface area contributed by atoms with E-state index < -0.39 is 17.0 Å². The molecule has 1 aliphatic rings. The van der Waals surface area contributed by atoms with Gasteiger partial charge in [0, 0.05) is 18.0 Å². The molecule has 22 heavy (non-hydrogen) atoms. The fraction of sp³-hybridized carbons (Fsp3) is 0.611. The number of hydrogen-bond donors (Lipinski definition) is 0. The zero-order chi connectivity index (χ0) is 16.3. The third-order valence-corrected chi connectivity index (χ3v) is 4.25. The van der Waals surface area contributed by atoms with Gasteiger partial charge in [-0.3, -0.25) is 4.79 Å². The van der Waals surface area contributed by atoms with Gasteiger partial charge in [-0.2, -0.15) is 0 Å². The molecule has 0 radical (unpaired) electrons. The number of anilines is 1. The van der Waals surface area contributed by atoms with Crippen molar-refractivity contribution < 1.29 is 13.6 Å². The van der Waals surface area contributed by atoms with E-state index >= 15 is 0 Å². The van der Waals surface area contributed by atoms with E-state index in [2.05, 4.69) is 0 Å². The van der Waals surface area contributed by atoms with Crippen molar-refractivity contribution in [2.24, 2.45) is 11.3 Å². The maximum Gasteiger partial charge on any atom is 0.232 e. The minimum absolute atomic E-state index is 0.122. The monoisotopic (exact) mass is 309 g/mol. The molecule has 4 heteroatoms. The average molecular weight is 309 g/mol. The molecule has 1 fully saturated rings. The first-order valence-corrected chi connectivity index (χ1v) is 8.06. The number of carbonyl (C=O) groups excluding carboxylic acids is 1. The molecule has 0 aromatic heterocycles. The quantitative estimate of drug-likeness (QED) is 0.775. The second-order valence-electron chi connectivity index (χ2n) is 7.27. The molecule has 1 aromatic carbocycles. The molecule has 0 bridgehead atoms. The Hall–Kier alpha value is -1.45. The highest BCUT2D eigenvalue weighted by atomic mass is 19.1. The lowest BCUT2D eigenvalue weighted by atomic mass is 9.87. The number of amides is 1. The Bertz CT molecular complexity index is 530. The maximum atomic E-state index is 14.2. The van der Waals surface area contributed by atoms with E-state index in [-0.39, 0.29) is 11.6 Å². The zero-order valence-electron chi connectivity index (χ0n) is 13.7. The van der Waals surface area contributed by atoms with Crippen molar-refractivity contribution in [2.75, 3.05) is 11.4 Å². The zero-order valence-corrected chi connectivity index (χ0v) is 13.7. The number of carbonyl (C=O) groups is 1. The molecule has 1 saturated carbocycles. The van der Waals surface area contributed by atoms with E-state index in [1.165, 1.54) is 23.5 Å². The summed E-state index contributed by atoms with van der Waals surface area (Å²) in [6.45, 7) is 5.98. The first-order chi connectivity index (χ1) is 10.3. The van der Waals surface area contributed by atoms with Gasteiger partial charge in [0.05, 0.1) is 5.69 Å². The Kier molecular flexibility index (Phi) is 5.20. The minimum Gasteiger partial charge on any atom is -0.309 e. The summed E-state index contributed by atoms with van der Waals surface area (Å²) < 4.78 is 27.3. The molecule has 2 nitrogen and oxygen atoms in total. The van der Waals surface area contributed by atoms with Gasteiger partial charge in [0.1, 0.15) is 11.6 Å². The molecule has 0 atom stereocenters. The molecular weight excluding hydrogens is 284 g/mol. The first kappa shape index (κ1) is 16.9. The molecule has 1 amide bonds. The van der Waals surface area contributed by atoms with Gasteiger partial charge in [0.2, 0.25) is 5.91 Å². The predicted octanol–water partition coefficient (Wildman–Crippen LogP) is 4.92. The van der Waals surface area contributed by atoms with Crippen LogP contribution in [-0.2, 0) is 4.79 Å². The van der Waals surface area contributed by atoms with Crippen LogP contribution in [0, 0.1) is 23.0 Å². The van der Waals surface area contributed by atoms with E-state index in [9.17, 15) is 13.6 Å². The van der Waals surface area contributed by atoms with Gasteiger partial charge in [-0.15, -0.1) is 0 Å². The Morgan fingerprint density at radius 1 is 1.18 bits per heavy atom. The Balaban J connectivity index is 2.29. The number of halogens is 2. The number of nitrogens with zero attached hydrogens (tertiary/aromatic N) is 1. The second-order valence-corrected chi connectivity index (χ2v) is 7.27. The standard InChI is InChI=1S/C18H25F2NO/c1-18(2,3)17(22)21(12-13-7-5-4-6-8-13)16-10-9-14(19)11-15(16)20/h9-11,13H,4-8,12H2,1-3H3. The van der Waals surface area contributed by atoms with Crippen LogP contribution in [0.4, 0.5) is 14.5 Å². The van der Waals surface area contributed by atoms with Crippen molar-refractivity contribution >= 4 is 11.6 Å². The molecule has 0 N–H and O–H groups in total. The van der Waals surface area contributed by atoms with Crippen molar-refractivity contribution in [2.45, 2.75) is 52.9 Å². The number of hydrogen-bond acceptors (Lipinski definition) is 1. The predicted molar refractivity (Wildman–Crippen MR) is 84.7 cm³/mol. The first-order valence-electron chi connectivity index (χ1n) is 8.06. The number of benzene rings is 1. The normalized spacial score (nSPS) is 16.6. The van der Waals surface area contributed by atoms with Crippen LogP contribution >= 0.6 is 0 Å². The van der Waals surface area contributed by atoms with Crippen LogP contribution in [0.5, 0.6) is 0 Å². The fourth-order valence-electron chi connectivity index (χ4n) is 3.02. The van der Waals surface area contributed by atoms with Crippen LogP contribution in [0.25, 0.3) is 0 Å². The second kappa shape index (κ2) is 6.76. The lowest BCUT2D eigenvalue weighted by Crippen LogP contribution is -2.43.